The maximum atomic E-state index is 12.2. The summed E-state index contributed by atoms with van der Waals surface area (Å²) in [5, 5.41) is 1.70. The maximum Gasteiger partial charge on any atom is 0.184 e. The van der Waals surface area contributed by atoms with E-state index in [2.05, 4.69) is 4.99 Å². The lowest BCUT2D eigenvalue weighted by atomic mass is 10.3. The minimum Gasteiger partial charge on any atom is -0.280 e. The standard InChI is InChI=1S/C12H15NO2S2/c1-12(2,3)17(14,15)9-7-11(16-8-9)10-5-4-6-13-10/h4-5,7-8H,6H2,1-3H3. The van der Waals surface area contributed by atoms with Crippen LogP contribution in [-0.4, -0.2) is 25.4 Å². The van der Waals surface area contributed by atoms with E-state index in [1.54, 1.807) is 32.2 Å². The van der Waals surface area contributed by atoms with E-state index in [1.165, 1.54) is 11.3 Å². The van der Waals surface area contributed by atoms with Crippen molar-refractivity contribution in [1.82, 2.24) is 0 Å². The Kier molecular flexibility index (Phi) is 2.99. The molecule has 0 atom stereocenters. The molecule has 0 aliphatic carbocycles. The highest BCUT2D eigenvalue weighted by Gasteiger charge is 2.31. The zero-order valence-electron chi connectivity index (χ0n) is 10.1. The second-order valence-corrected chi connectivity index (χ2v) is 8.51. The third-order valence-electron chi connectivity index (χ3n) is 2.59. The number of hydrogen-bond acceptors (Lipinski definition) is 4. The summed E-state index contributed by atoms with van der Waals surface area (Å²) in [5.74, 6) is 0. The molecule has 0 saturated carbocycles. The van der Waals surface area contributed by atoms with Gasteiger partial charge in [0.1, 0.15) is 0 Å². The third kappa shape index (κ3) is 2.21. The average molecular weight is 269 g/mol. The van der Waals surface area contributed by atoms with E-state index in [1.807, 2.05) is 12.2 Å². The quantitative estimate of drug-likeness (QED) is 0.828. The van der Waals surface area contributed by atoms with Crippen molar-refractivity contribution in [3.8, 4) is 0 Å². The van der Waals surface area contributed by atoms with Crippen molar-refractivity contribution >= 4 is 26.9 Å². The van der Waals surface area contributed by atoms with Gasteiger partial charge in [-0.2, -0.15) is 0 Å². The van der Waals surface area contributed by atoms with Gasteiger partial charge in [0.15, 0.2) is 9.84 Å². The Bertz CT molecular complexity index is 586. The number of thiophene rings is 1. The Labute approximate surface area is 106 Å². The number of hydrogen-bond donors (Lipinski definition) is 0. The molecular formula is C12H15NO2S2. The van der Waals surface area contributed by atoms with Crippen molar-refractivity contribution in [3.05, 3.63) is 28.5 Å². The Morgan fingerprint density at radius 2 is 2.06 bits per heavy atom. The van der Waals surface area contributed by atoms with Crippen molar-refractivity contribution in [2.45, 2.75) is 30.4 Å². The summed E-state index contributed by atoms with van der Waals surface area (Å²) in [6.07, 6.45) is 3.90. The molecule has 17 heavy (non-hydrogen) atoms. The molecule has 92 valence electrons. The van der Waals surface area contributed by atoms with Gasteiger partial charge in [0.25, 0.3) is 0 Å². The van der Waals surface area contributed by atoms with Gasteiger partial charge in [0.2, 0.25) is 0 Å². The van der Waals surface area contributed by atoms with Gasteiger partial charge in [-0.1, -0.05) is 6.08 Å². The first-order valence-corrected chi connectivity index (χ1v) is 7.73. The van der Waals surface area contributed by atoms with Crippen molar-refractivity contribution in [2.75, 3.05) is 6.54 Å². The second-order valence-electron chi connectivity index (χ2n) is 4.89. The first-order valence-electron chi connectivity index (χ1n) is 5.37. The zero-order valence-corrected chi connectivity index (χ0v) is 11.7. The largest absolute Gasteiger partial charge is 0.280 e. The molecule has 0 fully saturated rings. The molecule has 0 N–H and O–H groups in total. The Hall–Kier alpha value is -0.940. The second kappa shape index (κ2) is 4.07. The van der Waals surface area contributed by atoms with Gasteiger partial charge in [-0.05, 0) is 32.9 Å². The Morgan fingerprint density at radius 3 is 2.59 bits per heavy atom. The molecule has 0 saturated heterocycles. The number of nitrogens with zero attached hydrogens (tertiary/aromatic N) is 1. The van der Waals surface area contributed by atoms with E-state index in [-0.39, 0.29) is 0 Å². The molecule has 2 rings (SSSR count). The van der Waals surface area contributed by atoms with Gasteiger partial charge < -0.3 is 0 Å². The average Bonchev–Trinajstić information content (AvgIpc) is 2.87. The van der Waals surface area contributed by atoms with Gasteiger partial charge in [-0.15, -0.1) is 11.3 Å². The first kappa shape index (κ1) is 12.5. The van der Waals surface area contributed by atoms with Gasteiger partial charge in [0, 0.05) is 5.38 Å². The molecule has 0 unspecified atom stereocenters. The summed E-state index contributed by atoms with van der Waals surface area (Å²) in [6, 6.07) is 1.72. The van der Waals surface area contributed by atoms with Crippen molar-refractivity contribution in [2.24, 2.45) is 4.99 Å². The highest BCUT2D eigenvalue weighted by Crippen LogP contribution is 2.29. The monoisotopic (exact) mass is 269 g/mol. The fourth-order valence-electron chi connectivity index (χ4n) is 1.48. The van der Waals surface area contributed by atoms with Crippen LogP contribution in [-0.2, 0) is 9.84 Å². The minimum absolute atomic E-state index is 0.396. The highest BCUT2D eigenvalue weighted by molar-refractivity contribution is 7.92. The normalized spacial score (nSPS) is 16.3. The molecule has 0 aromatic carbocycles. The molecule has 1 aromatic heterocycles. The van der Waals surface area contributed by atoms with Crippen LogP contribution in [0.1, 0.15) is 25.6 Å². The van der Waals surface area contributed by atoms with Crippen LogP contribution in [0.25, 0.3) is 0 Å². The van der Waals surface area contributed by atoms with Crippen LogP contribution in [0.2, 0.25) is 0 Å². The molecule has 0 spiro atoms. The Morgan fingerprint density at radius 1 is 1.35 bits per heavy atom. The molecule has 0 radical (unpaired) electrons. The molecule has 0 amide bonds. The minimum atomic E-state index is -3.25. The van der Waals surface area contributed by atoms with Gasteiger partial charge >= 0.3 is 0 Å². The number of sulfone groups is 1. The van der Waals surface area contributed by atoms with Crippen LogP contribution in [0.5, 0.6) is 0 Å². The summed E-state index contributed by atoms with van der Waals surface area (Å²) >= 11 is 1.43. The number of aliphatic imine (C=N–C) groups is 1. The van der Waals surface area contributed by atoms with E-state index in [4.69, 9.17) is 0 Å². The Balaban J connectivity index is 2.40. The molecule has 0 bridgehead atoms. The predicted molar refractivity (Wildman–Crippen MR) is 71.8 cm³/mol. The number of rotatable bonds is 2. The molecule has 3 nitrogen and oxygen atoms in total. The van der Waals surface area contributed by atoms with Gasteiger partial charge in [-0.3, -0.25) is 4.99 Å². The van der Waals surface area contributed by atoms with Crippen molar-refractivity contribution < 1.29 is 8.42 Å². The van der Waals surface area contributed by atoms with Gasteiger partial charge in [-0.25, -0.2) is 8.42 Å². The first-order chi connectivity index (χ1) is 7.82. The van der Waals surface area contributed by atoms with E-state index in [9.17, 15) is 8.42 Å². The summed E-state index contributed by atoms with van der Waals surface area (Å²) < 4.78 is 23.7. The van der Waals surface area contributed by atoms with E-state index < -0.39 is 14.6 Å². The van der Waals surface area contributed by atoms with E-state index in [0.717, 1.165) is 10.6 Å². The van der Waals surface area contributed by atoms with E-state index >= 15 is 0 Å². The number of allylic oxidation sites excluding steroid dienone is 1. The fourth-order valence-corrected chi connectivity index (χ4v) is 3.94. The lowest BCUT2D eigenvalue weighted by molar-refractivity contribution is 0.560. The van der Waals surface area contributed by atoms with Crippen LogP contribution < -0.4 is 0 Å². The smallest absolute Gasteiger partial charge is 0.184 e. The highest BCUT2D eigenvalue weighted by atomic mass is 32.2. The summed E-state index contributed by atoms with van der Waals surface area (Å²) in [7, 11) is -3.25. The molecule has 2 heterocycles. The third-order valence-corrected chi connectivity index (χ3v) is 6.16. The van der Waals surface area contributed by atoms with Crippen LogP contribution in [0.15, 0.2) is 33.5 Å². The SMILES string of the molecule is CC(C)(C)S(=O)(=O)c1csc(C2=NCC=C2)c1. The fraction of sp³-hybridized carbons (Fsp3) is 0.417. The van der Waals surface area contributed by atoms with Crippen LogP contribution in [0.4, 0.5) is 0 Å². The predicted octanol–water partition coefficient (Wildman–Crippen LogP) is 2.68. The zero-order chi connectivity index (χ0) is 12.7. The lowest BCUT2D eigenvalue weighted by Crippen LogP contribution is -2.27. The molecule has 5 heteroatoms. The van der Waals surface area contributed by atoms with E-state index in [0.29, 0.717) is 11.4 Å². The lowest BCUT2D eigenvalue weighted by Gasteiger charge is -2.17. The molecule has 1 aromatic rings. The summed E-state index contributed by atoms with van der Waals surface area (Å²) in [4.78, 5) is 5.60. The van der Waals surface area contributed by atoms with Crippen molar-refractivity contribution in [3.63, 3.8) is 0 Å². The van der Waals surface area contributed by atoms with Crippen LogP contribution in [0, 0.1) is 0 Å². The van der Waals surface area contributed by atoms with Crippen molar-refractivity contribution in [1.29, 1.82) is 0 Å². The molecule has 1 aliphatic rings. The topological polar surface area (TPSA) is 46.5 Å². The molecular weight excluding hydrogens is 254 g/mol. The maximum absolute atomic E-state index is 12.2. The van der Waals surface area contributed by atoms with Crippen LogP contribution >= 0.6 is 11.3 Å². The van der Waals surface area contributed by atoms with Crippen LogP contribution in [0.3, 0.4) is 0 Å². The summed E-state index contributed by atoms with van der Waals surface area (Å²) in [5.41, 5.74) is 0.880. The van der Waals surface area contributed by atoms with Gasteiger partial charge in [0.05, 0.1) is 26.8 Å². The molecule has 1 aliphatic heterocycles. The summed E-state index contributed by atoms with van der Waals surface area (Å²) in [6.45, 7) is 5.83.